The third kappa shape index (κ3) is 2.71. The Bertz CT molecular complexity index is 817. The van der Waals surface area contributed by atoms with Crippen LogP contribution in [0.3, 0.4) is 0 Å². The van der Waals surface area contributed by atoms with Crippen molar-refractivity contribution in [3.63, 3.8) is 0 Å². The summed E-state index contributed by atoms with van der Waals surface area (Å²) in [5.41, 5.74) is 7.47. The summed E-state index contributed by atoms with van der Waals surface area (Å²) >= 11 is 3.33. The molecule has 3 rings (SSSR count). The molecule has 0 spiro atoms. The lowest BCUT2D eigenvalue weighted by molar-refractivity contribution is -0.110. The maximum Gasteiger partial charge on any atom is 0.259 e. The number of anilines is 2. The van der Waals surface area contributed by atoms with Crippen molar-refractivity contribution in [2.75, 3.05) is 10.6 Å². The van der Waals surface area contributed by atoms with E-state index >= 15 is 0 Å². The molecule has 0 unspecified atom stereocenters. The maximum atomic E-state index is 12.0. The van der Waals surface area contributed by atoms with E-state index in [1.54, 1.807) is 36.7 Å². The first kappa shape index (κ1) is 14.3. The van der Waals surface area contributed by atoms with Crippen molar-refractivity contribution in [2.24, 2.45) is 5.73 Å². The molecule has 0 saturated heterocycles. The summed E-state index contributed by atoms with van der Waals surface area (Å²) in [6.45, 7) is 0. The lowest BCUT2D eigenvalue weighted by Crippen LogP contribution is -2.11. The molecule has 0 bridgehead atoms. The molecule has 0 radical (unpaired) electrons. The van der Waals surface area contributed by atoms with Gasteiger partial charge in [0.15, 0.2) is 0 Å². The number of pyridine rings is 1. The minimum atomic E-state index is -0.506. The zero-order chi connectivity index (χ0) is 15.7. The average Bonchev–Trinajstić information content (AvgIpc) is 2.80. The number of rotatable bonds is 3. The van der Waals surface area contributed by atoms with E-state index in [1.165, 1.54) is 0 Å². The second kappa shape index (κ2) is 5.61. The molecule has 0 fully saturated rings. The number of nitrogens with zero attached hydrogens (tertiary/aromatic N) is 1. The third-order valence-corrected chi connectivity index (χ3v) is 3.58. The molecule has 1 aliphatic rings. The van der Waals surface area contributed by atoms with E-state index in [0.29, 0.717) is 28.2 Å². The highest BCUT2D eigenvalue weighted by Crippen LogP contribution is 2.31. The molecular weight excluding hydrogens is 348 g/mol. The third-order valence-electron chi connectivity index (χ3n) is 3.15. The summed E-state index contributed by atoms with van der Waals surface area (Å²) in [7, 11) is 0. The highest BCUT2D eigenvalue weighted by Gasteiger charge is 2.25. The smallest absolute Gasteiger partial charge is 0.259 e. The van der Waals surface area contributed by atoms with Crippen molar-refractivity contribution in [2.45, 2.75) is 0 Å². The molecule has 7 heteroatoms. The summed E-state index contributed by atoms with van der Waals surface area (Å²) in [6, 6.07) is 8.54. The van der Waals surface area contributed by atoms with Crippen LogP contribution in [-0.4, -0.2) is 16.8 Å². The Kier molecular flexibility index (Phi) is 3.64. The summed E-state index contributed by atoms with van der Waals surface area (Å²) in [4.78, 5) is 27.3. The van der Waals surface area contributed by atoms with E-state index in [1.807, 2.05) is 6.07 Å². The molecule has 2 aromatic rings. The summed E-state index contributed by atoms with van der Waals surface area (Å²) < 4.78 is 0.782. The zero-order valence-corrected chi connectivity index (χ0v) is 12.8. The van der Waals surface area contributed by atoms with Crippen LogP contribution in [0.4, 0.5) is 11.5 Å². The molecule has 0 atom stereocenters. The van der Waals surface area contributed by atoms with Crippen molar-refractivity contribution in [3.05, 3.63) is 58.3 Å². The Morgan fingerprint density at radius 3 is 2.95 bits per heavy atom. The van der Waals surface area contributed by atoms with Gasteiger partial charge in [-0.05, 0) is 40.2 Å². The molecule has 0 saturated carbocycles. The van der Waals surface area contributed by atoms with Crippen molar-refractivity contribution < 1.29 is 9.59 Å². The molecule has 2 heterocycles. The fourth-order valence-electron chi connectivity index (χ4n) is 2.10. The number of carbonyl (C=O) groups is 2. The van der Waals surface area contributed by atoms with Gasteiger partial charge in [0.05, 0.1) is 5.57 Å². The largest absolute Gasteiger partial charge is 0.366 e. The quantitative estimate of drug-likeness (QED) is 0.733. The number of hydrogen-bond donors (Lipinski definition) is 3. The highest BCUT2D eigenvalue weighted by atomic mass is 79.9. The van der Waals surface area contributed by atoms with Crippen LogP contribution in [0.1, 0.15) is 15.9 Å². The molecule has 6 nitrogen and oxygen atoms in total. The number of fused-ring (bicyclic) bond motifs is 1. The predicted octanol–water partition coefficient (Wildman–Crippen LogP) is 2.35. The Hall–Kier alpha value is -2.67. The second-order valence-electron chi connectivity index (χ2n) is 4.65. The minimum Gasteiger partial charge on any atom is -0.366 e. The van der Waals surface area contributed by atoms with Crippen molar-refractivity contribution >= 4 is 44.8 Å². The molecule has 1 aliphatic heterocycles. The van der Waals surface area contributed by atoms with Gasteiger partial charge in [-0.3, -0.25) is 9.59 Å². The Morgan fingerprint density at radius 2 is 2.18 bits per heavy atom. The van der Waals surface area contributed by atoms with Crippen LogP contribution in [-0.2, 0) is 4.79 Å². The first-order valence-corrected chi connectivity index (χ1v) is 7.18. The SMILES string of the molecule is NC(=O)c1cccc(N/C=C2\C(=O)Nc3ncc(Br)cc32)c1. The number of amides is 2. The lowest BCUT2D eigenvalue weighted by atomic mass is 10.1. The molecular formula is C15H11BrN4O2. The molecule has 0 aliphatic carbocycles. The van der Waals surface area contributed by atoms with Gasteiger partial charge in [-0.25, -0.2) is 4.98 Å². The number of halogens is 1. The van der Waals surface area contributed by atoms with Gasteiger partial charge in [0.1, 0.15) is 5.82 Å². The Labute approximate surface area is 134 Å². The molecule has 2 amide bonds. The second-order valence-corrected chi connectivity index (χ2v) is 5.57. The van der Waals surface area contributed by atoms with Crippen molar-refractivity contribution in [1.29, 1.82) is 0 Å². The van der Waals surface area contributed by atoms with E-state index < -0.39 is 5.91 Å². The standard InChI is InChI=1S/C15H11BrN4O2/c16-9-5-11-12(15(22)20-14(11)19-6-9)7-18-10-3-1-2-8(4-10)13(17)21/h1-7,18H,(H2,17,21)(H,19,20,22)/b12-7-. The summed E-state index contributed by atoms with van der Waals surface area (Å²) in [5, 5.41) is 5.69. The van der Waals surface area contributed by atoms with Crippen LogP contribution in [0, 0.1) is 0 Å². The molecule has 1 aromatic carbocycles. The maximum absolute atomic E-state index is 12.0. The molecule has 4 N–H and O–H groups in total. The first-order chi connectivity index (χ1) is 10.5. The van der Waals surface area contributed by atoms with Gasteiger partial charge in [0, 0.05) is 33.7 Å². The van der Waals surface area contributed by atoms with Gasteiger partial charge in [0.2, 0.25) is 5.91 Å². The fourth-order valence-corrected chi connectivity index (χ4v) is 2.43. The van der Waals surface area contributed by atoms with Gasteiger partial charge in [-0.15, -0.1) is 0 Å². The lowest BCUT2D eigenvalue weighted by Gasteiger charge is -2.04. The molecule has 1 aromatic heterocycles. The van der Waals surface area contributed by atoms with E-state index in [-0.39, 0.29) is 5.91 Å². The number of aromatic nitrogens is 1. The van der Waals surface area contributed by atoms with E-state index in [9.17, 15) is 9.59 Å². The van der Waals surface area contributed by atoms with E-state index in [0.717, 1.165) is 4.47 Å². The van der Waals surface area contributed by atoms with Crippen LogP contribution in [0.25, 0.3) is 5.57 Å². The van der Waals surface area contributed by atoms with Crippen LogP contribution in [0.2, 0.25) is 0 Å². The Balaban J connectivity index is 1.91. The van der Waals surface area contributed by atoms with Gasteiger partial charge in [0.25, 0.3) is 5.91 Å². The number of primary amides is 1. The van der Waals surface area contributed by atoms with Crippen LogP contribution in [0.5, 0.6) is 0 Å². The number of nitrogens with two attached hydrogens (primary N) is 1. The van der Waals surface area contributed by atoms with Gasteiger partial charge in [-0.2, -0.15) is 0 Å². The monoisotopic (exact) mass is 358 g/mol. The predicted molar refractivity (Wildman–Crippen MR) is 87.1 cm³/mol. The van der Waals surface area contributed by atoms with Crippen LogP contribution >= 0.6 is 15.9 Å². The zero-order valence-electron chi connectivity index (χ0n) is 11.3. The summed E-state index contributed by atoms with van der Waals surface area (Å²) in [5.74, 6) is -0.223. The highest BCUT2D eigenvalue weighted by molar-refractivity contribution is 9.10. The first-order valence-electron chi connectivity index (χ1n) is 6.38. The normalized spacial score (nSPS) is 14.6. The number of benzene rings is 1. The number of hydrogen-bond acceptors (Lipinski definition) is 4. The Morgan fingerprint density at radius 1 is 1.36 bits per heavy atom. The molecule has 22 heavy (non-hydrogen) atoms. The van der Waals surface area contributed by atoms with Crippen molar-refractivity contribution in [3.8, 4) is 0 Å². The number of carbonyl (C=O) groups excluding carboxylic acids is 2. The fraction of sp³-hybridized carbons (Fsp3) is 0. The minimum absolute atomic E-state index is 0.237. The topological polar surface area (TPSA) is 97.1 Å². The number of nitrogens with one attached hydrogen (secondary N) is 2. The van der Waals surface area contributed by atoms with Crippen molar-refractivity contribution in [1.82, 2.24) is 4.98 Å². The average molecular weight is 359 g/mol. The van der Waals surface area contributed by atoms with Gasteiger partial charge >= 0.3 is 0 Å². The van der Waals surface area contributed by atoms with Gasteiger partial charge in [-0.1, -0.05) is 6.07 Å². The summed E-state index contributed by atoms with van der Waals surface area (Å²) in [6.07, 6.45) is 3.20. The van der Waals surface area contributed by atoms with E-state index in [2.05, 4.69) is 31.5 Å². The molecule has 110 valence electrons. The van der Waals surface area contributed by atoms with E-state index in [4.69, 9.17) is 5.73 Å². The van der Waals surface area contributed by atoms with Crippen LogP contribution < -0.4 is 16.4 Å². The van der Waals surface area contributed by atoms with Crippen LogP contribution in [0.15, 0.2) is 47.2 Å². The van der Waals surface area contributed by atoms with Gasteiger partial charge < -0.3 is 16.4 Å².